The molecule has 0 spiro atoms. The van der Waals surface area contributed by atoms with E-state index in [1.165, 1.54) is 6.07 Å². The van der Waals surface area contributed by atoms with Gasteiger partial charge in [0.25, 0.3) is 5.91 Å². The standard InChI is InChI=1S/C13H16FNO3/c14-9-4-5-11(12(17)8-9)13(18)15(6-7-16)10-2-1-3-10/h4-5,8,10,16-17H,1-3,6-7H2. The van der Waals surface area contributed by atoms with Gasteiger partial charge in [0, 0.05) is 18.7 Å². The van der Waals surface area contributed by atoms with Gasteiger partial charge in [0.15, 0.2) is 0 Å². The lowest BCUT2D eigenvalue weighted by Crippen LogP contribution is -2.45. The van der Waals surface area contributed by atoms with Crippen molar-refractivity contribution in [3.05, 3.63) is 29.6 Å². The van der Waals surface area contributed by atoms with E-state index in [9.17, 15) is 14.3 Å². The van der Waals surface area contributed by atoms with Gasteiger partial charge < -0.3 is 15.1 Å². The molecule has 0 unspecified atom stereocenters. The highest BCUT2D eigenvalue weighted by Gasteiger charge is 2.30. The maximum Gasteiger partial charge on any atom is 0.257 e. The third-order valence-corrected chi connectivity index (χ3v) is 3.31. The third-order valence-electron chi connectivity index (χ3n) is 3.31. The zero-order valence-electron chi connectivity index (χ0n) is 9.97. The second-order valence-corrected chi connectivity index (χ2v) is 4.47. The van der Waals surface area contributed by atoms with E-state index in [0.717, 1.165) is 31.4 Å². The van der Waals surface area contributed by atoms with Crippen LogP contribution in [-0.2, 0) is 0 Å². The Labute approximate surface area is 105 Å². The second kappa shape index (κ2) is 5.35. The van der Waals surface area contributed by atoms with Crippen LogP contribution >= 0.6 is 0 Å². The summed E-state index contributed by atoms with van der Waals surface area (Å²) in [7, 11) is 0. The van der Waals surface area contributed by atoms with Crippen LogP contribution in [-0.4, -0.2) is 40.2 Å². The minimum absolute atomic E-state index is 0.0803. The molecule has 4 nitrogen and oxygen atoms in total. The van der Waals surface area contributed by atoms with Gasteiger partial charge in [-0.2, -0.15) is 0 Å². The summed E-state index contributed by atoms with van der Waals surface area (Å²) in [4.78, 5) is 13.8. The minimum Gasteiger partial charge on any atom is -0.507 e. The van der Waals surface area contributed by atoms with Gasteiger partial charge in [-0.15, -0.1) is 0 Å². The normalized spacial score (nSPS) is 15.2. The van der Waals surface area contributed by atoms with Crippen LogP contribution in [0.4, 0.5) is 4.39 Å². The van der Waals surface area contributed by atoms with Crippen LogP contribution in [0.3, 0.4) is 0 Å². The van der Waals surface area contributed by atoms with Gasteiger partial charge >= 0.3 is 0 Å². The van der Waals surface area contributed by atoms with E-state index in [4.69, 9.17) is 5.11 Å². The maximum absolute atomic E-state index is 12.9. The number of phenolic OH excluding ortho intramolecular Hbond substituents is 1. The molecule has 1 amide bonds. The summed E-state index contributed by atoms with van der Waals surface area (Å²) in [5.74, 6) is -1.30. The molecule has 0 atom stereocenters. The summed E-state index contributed by atoms with van der Waals surface area (Å²) in [5, 5.41) is 18.6. The number of amides is 1. The Bertz CT molecular complexity index is 446. The predicted molar refractivity (Wildman–Crippen MR) is 63.8 cm³/mol. The Morgan fingerprint density at radius 1 is 1.44 bits per heavy atom. The van der Waals surface area contributed by atoms with Crippen molar-refractivity contribution in [2.45, 2.75) is 25.3 Å². The van der Waals surface area contributed by atoms with Crippen LogP contribution in [0.5, 0.6) is 5.75 Å². The van der Waals surface area contributed by atoms with E-state index >= 15 is 0 Å². The van der Waals surface area contributed by atoms with Crippen molar-refractivity contribution in [1.82, 2.24) is 4.90 Å². The molecule has 0 bridgehead atoms. The Morgan fingerprint density at radius 2 is 2.17 bits per heavy atom. The van der Waals surface area contributed by atoms with Gasteiger partial charge in [0.05, 0.1) is 12.2 Å². The zero-order chi connectivity index (χ0) is 13.1. The first kappa shape index (κ1) is 12.8. The van der Waals surface area contributed by atoms with E-state index in [0.29, 0.717) is 0 Å². The van der Waals surface area contributed by atoms with Crippen molar-refractivity contribution in [3.63, 3.8) is 0 Å². The van der Waals surface area contributed by atoms with Gasteiger partial charge in [0.1, 0.15) is 11.6 Å². The molecule has 0 heterocycles. The number of carbonyl (C=O) groups is 1. The molecule has 1 aromatic carbocycles. The average molecular weight is 253 g/mol. The summed E-state index contributed by atoms with van der Waals surface area (Å²) in [6, 6.07) is 3.46. The van der Waals surface area contributed by atoms with Crippen molar-refractivity contribution in [1.29, 1.82) is 0 Å². The van der Waals surface area contributed by atoms with Gasteiger partial charge in [-0.25, -0.2) is 4.39 Å². The largest absolute Gasteiger partial charge is 0.507 e. The molecule has 2 rings (SSSR count). The predicted octanol–water partition coefficient (Wildman–Crippen LogP) is 1.52. The van der Waals surface area contributed by atoms with Gasteiger partial charge in [-0.3, -0.25) is 4.79 Å². The van der Waals surface area contributed by atoms with Crippen LogP contribution in [0.1, 0.15) is 29.6 Å². The van der Waals surface area contributed by atoms with Crippen molar-refractivity contribution >= 4 is 5.91 Å². The quantitative estimate of drug-likeness (QED) is 0.855. The molecule has 5 heteroatoms. The van der Waals surface area contributed by atoms with Crippen molar-refractivity contribution in [2.75, 3.05) is 13.2 Å². The number of aliphatic hydroxyl groups excluding tert-OH is 1. The number of hydrogen-bond donors (Lipinski definition) is 2. The fraction of sp³-hybridized carbons (Fsp3) is 0.462. The first-order chi connectivity index (χ1) is 8.63. The molecule has 1 fully saturated rings. The monoisotopic (exact) mass is 253 g/mol. The summed E-state index contributed by atoms with van der Waals surface area (Å²) in [5.41, 5.74) is 0.0803. The molecule has 0 radical (unpaired) electrons. The molecule has 0 saturated heterocycles. The number of phenols is 1. The van der Waals surface area contributed by atoms with Crippen LogP contribution in [0, 0.1) is 5.82 Å². The minimum atomic E-state index is -0.582. The highest BCUT2D eigenvalue weighted by Crippen LogP contribution is 2.28. The lowest BCUT2D eigenvalue weighted by atomic mass is 9.91. The third kappa shape index (κ3) is 2.46. The summed E-state index contributed by atoms with van der Waals surface area (Å²) >= 11 is 0. The fourth-order valence-electron chi connectivity index (χ4n) is 2.10. The first-order valence-corrected chi connectivity index (χ1v) is 6.04. The van der Waals surface area contributed by atoms with Crippen molar-refractivity contribution < 1.29 is 19.4 Å². The second-order valence-electron chi connectivity index (χ2n) is 4.47. The number of halogens is 1. The highest BCUT2D eigenvalue weighted by molar-refractivity contribution is 5.97. The number of benzene rings is 1. The number of carbonyl (C=O) groups excluding carboxylic acids is 1. The number of hydrogen-bond acceptors (Lipinski definition) is 3. The topological polar surface area (TPSA) is 60.8 Å². The number of aliphatic hydroxyl groups is 1. The Balaban J connectivity index is 2.21. The van der Waals surface area contributed by atoms with E-state index < -0.39 is 5.82 Å². The fourth-order valence-corrected chi connectivity index (χ4v) is 2.10. The van der Waals surface area contributed by atoms with E-state index in [-0.39, 0.29) is 36.4 Å². The number of nitrogens with zero attached hydrogens (tertiary/aromatic N) is 1. The molecule has 1 aliphatic carbocycles. The SMILES string of the molecule is O=C(c1ccc(F)cc1O)N(CCO)C1CCC1. The average Bonchev–Trinajstić information content (AvgIpc) is 2.25. The molecule has 98 valence electrons. The smallest absolute Gasteiger partial charge is 0.257 e. The zero-order valence-corrected chi connectivity index (χ0v) is 9.97. The Hall–Kier alpha value is -1.62. The summed E-state index contributed by atoms with van der Waals surface area (Å²) in [6.45, 7) is 0.116. The number of rotatable bonds is 4. The van der Waals surface area contributed by atoms with Gasteiger partial charge in [-0.1, -0.05) is 0 Å². The molecule has 1 saturated carbocycles. The summed E-state index contributed by atoms with van der Waals surface area (Å²) in [6.07, 6.45) is 2.89. The Morgan fingerprint density at radius 3 is 2.67 bits per heavy atom. The first-order valence-electron chi connectivity index (χ1n) is 6.04. The van der Waals surface area contributed by atoms with Crippen molar-refractivity contribution in [2.24, 2.45) is 0 Å². The molecule has 1 aromatic rings. The molecular formula is C13H16FNO3. The van der Waals surface area contributed by atoms with E-state index in [2.05, 4.69) is 0 Å². The lowest BCUT2D eigenvalue weighted by molar-refractivity contribution is 0.0523. The summed E-state index contributed by atoms with van der Waals surface area (Å²) < 4.78 is 12.9. The van der Waals surface area contributed by atoms with E-state index in [1.54, 1.807) is 4.90 Å². The lowest BCUT2D eigenvalue weighted by Gasteiger charge is -2.37. The molecule has 18 heavy (non-hydrogen) atoms. The van der Waals surface area contributed by atoms with Gasteiger partial charge in [0.2, 0.25) is 0 Å². The number of aromatic hydroxyl groups is 1. The van der Waals surface area contributed by atoms with Crippen molar-refractivity contribution in [3.8, 4) is 5.75 Å². The highest BCUT2D eigenvalue weighted by atomic mass is 19.1. The van der Waals surface area contributed by atoms with Crippen LogP contribution in [0.2, 0.25) is 0 Å². The van der Waals surface area contributed by atoms with Crippen LogP contribution in [0.25, 0.3) is 0 Å². The Kier molecular flexibility index (Phi) is 3.81. The molecular weight excluding hydrogens is 237 g/mol. The molecule has 2 N–H and O–H groups in total. The van der Waals surface area contributed by atoms with Crippen LogP contribution < -0.4 is 0 Å². The van der Waals surface area contributed by atoms with E-state index in [1.807, 2.05) is 0 Å². The molecule has 0 aromatic heterocycles. The molecule has 1 aliphatic rings. The maximum atomic E-state index is 12.9. The van der Waals surface area contributed by atoms with Crippen LogP contribution in [0.15, 0.2) is 18.2 Å². The van der Waals surface area contributed by atoms with Gasteiger partial charge in [-0.05, 0) is 31.4 Å². The molecule has 0 aliphatic heterocycles.